The topological polar surface area (TPSA) is 55.6 Å². The van der Waals surface area contributed by atoms with E-state index in [9.17, 15) is 9.18 Å². The van der Waals surface area contributed by atoms with E-state index < -0.39 is 5.82 Å². The summed E-state index contributed by atoms with van der Waals surface area (Å²) in [6.07, 6.45) is 2.32. The first-order valence-electron chi connectivity index (χ1n) is 6.45. The van der Waals surface area contributed by atoms with Crippen molar-refractivity contribution < 1.29 is 13.9 Å². The maximum absolute atomic E-state index is 13.6. The van der Waals surface area contributed by atoms with E-state index in [1.165, 1.54) is 19.2 Å². The van der Waals surface area contributed by atoms with Crippen LogP contribution in [0.2, 0.25) is 0 Å². The van der Waals surface area contributed by atoms with E-state index in [1.807, 2.05) is 0 Å². The molecule has 3 rings (SSSR count). The van der Waals surface area contributed by atoms with Crippen molar-refractivity contribution in [1.29, 1.82) is 0 Å². The number of hydrogen-bond donors (Lipinski definition) is 1. The Labute approximate surface area is 111 Å². The summed E-state index contributed by atoms with van der Waals surface area (Å²) in [7, 11) is 1.40. The van der Waals surface area contributed by atoms with Crippen molar-refractivity contribution in [3.05, 3.63) is 29.6 Å². The van der Waals surface area contributed by atoms with Gasteiger partial charge in [0.25, 0.3) is 5.91 Å². The van der Waals surface area contributed by atoms with Crippen LogP contribution in [0.25, 0.3) is 0 Å². The van der Waals surface area contributed by atoms with Gasteiger partial charge in [-0.2, -0.15) is 0 Å². The van der Waals surface area contributed by atoms with Crippen molar-refractivity contribution in [2.75, 3.05) is 20.2 Å². The van der Waals surface area contributed by atoms with Gasteiger partial charge in [-0.15, -0.1) is 0 Å². The Morgan fingerprint density at radius 2 is 2.16 bits per heavy atom. The summed E-state index contributed by atoms with van der Waals surface area (Å²) in [6, 6.07) is 4.27. The zero-order valence-electron chi connectivity index (χ0n) is 10.9. The number of likely N-dealkylation sites (tertiary alicyclic amines) is 1. The van der Waals surface area contributed by atoms with Gasteiger partial charge in [-0.05, 0) is 37.0 Å². The second-order valence-electron chi connectivity index (χ2n) is 5.52. The highest BCUT2D eigenvalue weighted by Crippen LogP contribution is 2.43. The summed E-state index contributed by atoms with van der Waals surface area (Å²) in [5, 5.41) is 0. The quantitative estimate of drug-likeness (QED) is 0.897. The minimum absolute atomic E-state index is 0.145. The molecule has 2 N–H and O–H groups in total. The van der Waals surface area contributed by atoms with Gasteiger partial charge in [0.2, 0.25) is 0 Å². The molecule has 0 unspecified atom stereocenters. The molecule has 1 amide bonds. The molecule has 1 saturated carbocycles. The molecule has 1 aromatic carbocycles. The smallest absolute Gasteiger partial charge is 0.254 e. The number of carbonyl (C=O) groups excluding carboxylic acids is 1. The van der Waals surface area contributed by atoms with Crippen LogP contribution in [0.3, 0.4) is 0 Å². The highest BCUT2D eigenvalue weighted by Gasteiger charge is 2.51. The lowest BCUT2D eigenvalue weighted by Gasteiger charge is -2.48. The Bertz CT molecular complexity index is 522. The Hall–Kier alpha value is -1.62. The first kappa shape index (κ1) is 12.4. The Morgan fingerprint density at radius 1 is 1.47 bits per heavy atom. The fraction of sp³-hybridized carbons (Fsp3) is 0.500. The monoisotopic (exact) mass is 264 g/mol. The van der Waals surface area contributed by atoms with E-state index in [1.54, 1.807) is 11.0 Å². The lowest BCUT2D eigenvalue weighted by molar-refractivity contribution is 0.0350. The molecule has 1 aliphatic heterocycles. The van der Waals surface area contributed by atoms with Crippen LogP contribution in [-0.2, 0) is 0 Å². The van der Waals surface area contributed by atoms with Crippen molar-refractivity contribution in [1.82, 2.24) is 4.90 Å². The van der Waals surface area contributed by atoms with Crippen LogP contribution in [0, 0.1) is 11.7 Å². The van der Waals surface area contributed by atoms with E-state index in [-0.39, 0.29) is 17.2 Å². The van der Waals surface area contributed by atoms with E-state index >= 15 is 0 Å². The predicted molar refractivity (Wildman–Crippen MR) is 68.5 cm³/mol. The summed E-state index contributed by atoms with van der Waals surface area (Å²) in [5.74, 6) is 0.0221. The van der Waals surface area contributed by atoms with Crippen LogP contribution in [0.5, 0.6) is 5.75 Å². The van der Waals surface area contributed by atoms with E-state index in [4.69, 9.17) is 10.5 Å². The average molecular weight is 264 g/mol. The van der Waals surface area contributed by atoms with E-state index in [2.05, 4.69) is 0 Å². The molecule has 1 heterocycles. The average Bonchev–Trinajstić information content (AvgIpc) is 3.18. The minimum atomic E-state index is -0.518. The van der Waals surface area contributed by atoms with Crippen LogP contribution in [0.1, 0.15) is 23.2 Å². The molecule has 0 bridgehead atoms. The molecule has 0 atom stereocenters. The molecule has 2 aliphatic rings. The van der Waals surface area contributed by atoms with Gasteiger partial charge >= 0.3 is 0 Å². The van der Waals surface area contributed by atoms with Gasteiger partial charge in [0.1, 0.15) is 0 Å². The molecule has 5 heteroatoms. The third-order valence-corrected chi connectivity index (χ3v) is 4.05. The number of nitrogens with two attached hydrogens (primary N) is 1. The summed E-state index contributed by atoms with van der Waals surface area (Å²) >= 11 is 0. The SMILES string of the molecule is COc1ccc(C(=O)N2CC(N)(C3CC3)C2)cc1F. The molecule has 19 heavy (non-hydrogen) atoms. The number of nitrogens with zero attached hydrogens (tertiary/aromatic N) is 1. The maximum atomic E-state index is 13.6. The molecular weight excluding hydrogens is 247 g/mol. The molecule has 0 radical (unpaired) electrons. The fourth-order valence-corrected chi connectivity index (χ4v) is 2.71. The largest absolute Gasteiger partial charge is 0.494 e. The van der Waals surface area contributed by atoms with Crippen LogP contribution >= 0.6 is 0 Å². The van der Waals surface area contributed by atoms with Crippen molar-refractivity contribution in [2.24, 2.45) is 11.7 Å². The summed E-state index contributed by atoms with van der Waals surface area (Å²) < 4.78 is 18.4. The molecule has 1 saturated heterocycles. The summed E-state index contributed by atoms with van der Waals surface area (Å²) in [6.45, 7) is 1.15. The summed E-state index contributed by atoms with van der Waals surface area (Å²) in [5.41, 5.74) is 6.34. The van der Waals surface area contributed by atoms with Gasteiger partial charge in [-0.25, -0.2) is 4.39 Å². The van der Waals surface area contributed by atoms with E-state index in [0.717, 1.165) is 12.8 Å². The van der Waals surface area contributed by atoms with Crippen LogP contribution < -0.4 is 10.5 Å². The number of benzene rings is 1. The second kappa shape index (κ2) is 4.20. The number of halogens is 1. The van der Waals surface area contributed by atoms with Crippen LogP contribution in [-0.4, -0.2) is 36.5 Å². The zero-order valence-corrected chi connectivity index (χ0v) is 10.9. The Balaban J connectivity index is 1.70. The third-order valence-electron chi connectivity index (χ3n) is 4.05. The molecule has 1 aliphatic carbocycles. The lowest BCUT2D eigenvalue weighted by Crippen LogP contribution is -2.69. The highest BCUT2D eigenvalue weighted by molar-refractivity contribution is 5.95. The van der Waals surface area contributed by atoms with Crippen molar-refractivity contribution >= 4 is 5.91 Å². The second-order valence-corrected chi connectivity index (χ2v) is 5.52. The third kappa shape index (κ3) is 2.08. The number of hydrogen-bond acceptors (Lipinski definition) is 3. The fourth-order valence-electron chi connectivity index (χ4n) is 2.71. The van der Waals surface area contributed by atoms with Gasteiger partial charge in [0.15, 0.2) is 11.6 Å². The standard InChI is InChI=1S/C14H17FN2O2/c1-19-12-5-2-9(6-11(12)15)13(18)17-7-14(16,8-17)10-3-4-10/h2,5-6,10H,3-4,7-8,16H2,1H3. The molecule has 0 aromatic heterocycles. The van der Waals surface area contributed by atoms with Gasteiger partial charge < -0.3 is 15.4 Å². The zero-order chi connectivity index (χ0) is 13.6. The number of amides is 1. The minimum Gasteiger partial charge on any atom is -0.494 e. The van der Waals surface area contributed by atoms with Crippen LogP contribution in [0.4, 0.5) is 4.39 Å². The number of carbonyl (C=O) groups is 1. The maximum Gasteiger partial charge on any atom is 0.254 e. The van der Waals surface area contributed by atoms with Crippen molar-refractivity contribution in [3.63, 3.8) is 0 Å². The highest BCUT2D eigenvalue weighted by atomic mass is 19.1. The number of methoxy groups -OCH3 is 1. The number of rotatable bonds is 3. The first-order chi connectivity index (χ1) is 9.03. The van der Waals surface area contributed by atoms with Crippen LogP contribution in [0.15, 0.2) is 18.2 Å². The van der Waals surface area contributed by atoms with Gasteiger partial charge in [-0.1, -0.05) is 0 Å². The molecule has 102 valence electrons. The van der Waals surface area contributed by atoms with Crippen molar-refractivity contribution in [3.8, 4) is 5.75 Å². The number of ether oxygens (including phenoxy) is 1. The Kier molecular flexibility index (Phi) is 2.74. The van der Waals surface area contributed by atoms with Crippen molar-refractivity contribution in [2.45, 2.75) is 18.4 Å². The lowest BCUT2D eigenvalue weighted by atomic mass is 9.85. The first-order valence-corrected chi connectivity index (χ1v) is 6.45. The normalized spacial score (nSPS) is 20.9. The van der Waals surface area contributed by atoms with Gasteiger partial charge in [-0.3, -0.25) is 4.79 Å². The summed E-state index contributed by atoms with van der Waals surface area (Å²) in [4.78, 5) is 13.9. The molecular formula is C14H17FN2O2. The molecule has 2 fully saturated rings. The van der Waals surface area contributed by atoms with E-state index in [0.29, 0.717) is 24.6 Å². The molecule has 1 aromatic rings. The molecule has 0 spiro atoms. The Morgan fingerprint density at radius 3 is 2.68 bits per heavy atom. The van der Waals surface area contributed by atoms with Gasteiger partial charge in [0.05, 0.1) is 12.6 Å². The molecule has 4 nitrogen and oxygen atoms in total. The van der Waals surface area contributed by atoms with Gasteiger partial charge in [0, 0.05) is 18.7 Å². The predicted octanol–water partition coefficient (Wildman–Crippen LogP) is 1.40.